The van der Waals surface area contributed by atoms with Crippen molar-refractivity contribution in [2.24, 2.45) is 0 Å². The SMILES string of the molecule is C=CCC(NC(=O)OC(C)(C)C)C(=O)CC. The number of ketones is 1. The minimum atomic E-state index is -0.568. The molecule has 0 aromatic rings. The fraction of sp³-hybridized carbons (Fsp3) is 0.667. The number of hydrogen-bond donors (Lipinski definition) is 1. The van der Waals surface area contributed by atoms with Crippen molar-refractivity contribution in [1.29, 1.82) is 0 Å². The molecule has 0 rings (SSSR count). The third kappa shape index (κ3) is 6.22. The number of hydrogen-bond acceptors (Lipinski definition) is 3. The standard InChI is InChI=1S/C12H21NO3/c1-6-8-9(10(14)7-2)13-11(15)16-12(3,4)5/h6,9H,1,7-8H2,2-5H3,(H,13,15). The van der Waals surface area contributed by atoms with Crippen LogP contribution < -0.4 is 5.32 Å². The number of alkyl carbamates (subject to hydrolysis) is 1. The number of amides is 1. The van der Waals surface area contributed by atoms with Gasteiger partial charge in [0, 0.05) is 6.42 Å². The van der Waals surface area contributed by atoms with Gasteiger partial charge in [-0.3, -0.25) is 4.79 Å². The molecule has 4 heteroatoms. The molecule has 0 spiro atoms. The van der Waals surface area contributed by atoms with Crippen LogP contribution in [0.4, 0.5) is 4.79 Å². The van der Waals surface area contributed by atoms with Crippen LogP contribution in [0.1, 0.15) is 40.5 Å². The summed E-state index contributed by atoms with van der Waals surface area (Å²) in [5.41, 5.74) is -0.557. The smallest absolute Gasteiger partial charge is 0.408 e. The van der Waals surface area contributed by atoms with Crippen molar-refractivity contribution >= 4 is 11.9 Å². The van der Waals surface area contributed by atoms with E-state index in [2.05, 4.69) is 11.9 Å². The Morgan fingerprint density at radius 3 is 2.38 bits per heavy atom. The van der Waals surface area contributed by atoms with Crippen molar-refractivity contribution < 1.29 is 14.3 Å². The minimum absolute atomic E-state index is 0.0224. The molecule has 16 heavy (non-hydrogen) atoms. The molecule has 0 aromatic heterocycles. The van der Waals surface area contributed by atoms with E-state index in [0.717, 1.165) is 0 Å². The van der Waals surface area contributed by atoms with Gasteiger partial charge in [-0.25, -0.2) is 4.79 Å². The largest absolute Gasteiger partial charge is 0.444 e. The van der Waals surface area contributed by atoms with Gasteiger partial charge >= 0.3 is 6.09 Å². The van der Waals surface area contributed by atoms with Crippen LogP contribution in [0.5, 0.6) is 0 Å². The molecule has 1 N–H and O–H groups in total. The van der Waals surface area contributed by atoms with Gasteiger partial charge in [-0.1, -0.05) is 13.0 Å². The second-order valence-electron chi connectivity index (χ2n) is 4.54. The first kappa shape index (κ1) is 14.7. The van der Waals surface area contributed by atoms with Crippen molar-refractivity contribution in [3.63, 3.8) is 0 Å². The van der Waals surface area contributed by atoms with E-state index in [0.29, 0.717) is 12.8 Å². The van der Waals surface area contributed by atoms with Crippen molar-refractivity contribution in [3.05, 3.63) is 12.7 Å². The lowest BCUT2D eigenvalue weighted by Crippen LogP contribution is -2.43. The molecule has 0 saturated heterocycles. The summed E-state index contributed by atoms with van der Waals surface area (Å²) in [5, 5.41) is 2.54. The second-order valence-corrected chi connectivity index (χ2v) is 4.54. The van der Waals surface area contributed by atoms with Gasteiger partial charge in [0.25, 0.3) is 0 Å². The van der Waals surface area contributed by atoms with E-state index in [1.807, 2.05) is 0 Å². The van der Waals surface area contributed by atoms with Gasteiger partial charge in [-0.2, -0.15) is 0 Å². The zero-order valence-corrected chi connectivity index (χ0v) is 10.5. The first-order valence-electron chi connectivity index (χ1n) is 5.43. The van der Waals surface area contributed by atoms with Gasteiger partial charge in [0.15, 0.2) is 5.78 Å². The highest BCUT2D eigenvalue weighted by atomic mass is 16.6. The maximum Gasteiger partial charge on any atom is 0.408 e. The van der Waals surface area contributed by atoms with E-state index in [9.17, 15) is 9.59 Å². The van der Waals surface area contributed by atoms with Crippen LogP contribution >= 0.6 is 0 Å². The number of Topliss-reactive ketones (excluding diaryl/α,β-unsaturated/α-hetero) is 1. The Labute approximate surface area is 97.1 Å². The normalized spacial score (nSPS) is 12.8. The number of rotatable bonds is 5. The van der Waals surface area contributed by atoms with E-state index in [4.69, 9.17) is 4.74 Å². The maximum absolute atomic E-state index is 11.5. The lowest BCUT2D eigenvalue weighted by molar-refractivity contribution is -0.120. The van der Waals surface area contributed by atoms with E-state index >= 15 is 0 Å². The van der Waals surface area contributed by atoms with Crippen molar-refractivity contribution in [3.8, 4) is 0 Å². The molecule has 1 amide bonds. The van der Waals surface area contributed by atoms with Crippen LogP contribution in [0.15, 0.2) is 12.7 Å². The van der Waals surface area contributed by atoms with Crippen LogP contribution in [-0.4, -0.2) is 23.5 Å². The molecule has 0 aliphatic carbocycles. The molecular formula is C12H21NO3. The third-order valence-corrected chi connectivity index (χ3v) is 1.83. The highest BCUT2D eigenvalue weighted by Crippen LogP contribution is 2.07. The predicted octanol–water partition coefficient (Wildman–Crippen LogP) is 2.43. The highest BCUT2D eigenvalue weighted by Gasteiger charge is 2.22. The molecule has 0 heterocycles. The number of nitrogens with one attached hydrogen (secondary N) is 1. The maximum atomic E-state index is 11.5. The summed E-state index contributed by atoms with van der Waals surface area (Å²) in [6.45, 7) is 10.6. The first-order chi connectivity index (χ1) is 7.30. The fourth-order valence-electron chi connectivity index (χ4n) is 1.13. The Morgan fingerprint density at radius 2 is 2.00 bits per heavy atom. The zero-order valence-electron chi connectivity index (χ0n) is 10.5. The number of carbonyl (C=O) groups is 2. The van der Waals surface area contributed by atoms with Crippen LogP contribution in [0, 0.1) is 0 Å². The molecule has 4 nitrogen and oxygen atoms in total. The zero-order chi connectivity index (χ0) is 12.8. The summed E-state index contributed by atoms with van der Waals surface area (Å²) in [6, 6.07) is -0.530. The fourth-order valence-corrected chi connectivity index (χ4v) is 1.13. The van der Waals surface area contributed by atoms with Gasteiger partial charge in [0.2, 0.25) is 0 Å². The van der Waals surface area contributed by atoms with Crippen molar-refractivity contribution in [1.82, 2.24) is 5.32 Å². The van der Waals surface area contributed by atoms with Crippen molar-refractivity contribution in [2.45, 2.75) is 52.2 Å². The monoisotopic (exact) mass is 227 g/mol. The van der Waals surface area contributed by atoms with Gasteiger partial charge in [0.1, 0.15) is 5.60 Å². The Kier molecular flexibility index (Phi) is 5.78. The van der Waals surface area contributed by atoms with E-state index in [1.54, 1.807) is 33.8 Å². The molecule has 0 aliphatic rings. The average molecular weight is 227 g/mol. The summed E-state index contributed by atoms with van der Waals surface area (Å²) < 4.78 is 5.07. The first-order valence-corrected chi connectivity index (χ1v) is 5.43. The van der Waals surface area contributed by atoms with Gasteiger partial charge < -0.3 is 10.1 Å². The summed E-state index contributed by atoms with van der Waals surface area (Å²) in [6.07, 6.45) is 1.84. The Hall–Kier alpha value is -1.32. The van der Waals surface area contributed by atoms with Crippen molar-refractivity contribution in [2.75, 3.05) is 0 Å². The lowest BCUT2D eigenvalue weighted by Gasteiger charge is -2.22. The molecular weight excluding hydrogens is 206 g/mol. The summed E-state index contributed by atoms with van der Waals surface area (Å²) in [5.74, 6) is -0.0224. The van der Waals surface area contributed by atoms with Gasteiger partial charge in [-0.05, 0) is 27.2 Å². The molecule has 0 aromatic carbocycles. The highest BCUT2D eigenvalue weighted by molar-refractivity contribution is 5.87. The molecule has 0 radical (unpaired) electrons. The van der Waals surface area contributed by atoms with Crippen LogP contribution in [0.3, 0.4) is 0 Å². The Balaban J connectivity index is 4.34. The number of ether oxygens (including phenoxy) is 1. The topological polar surface area (TPSA) is 55.4 Å². The molecule has 1 unspecified atom stereocenters. The van der Waals surface area contributed by atoms with Crippen LogP contribution in [-0.2, 0) is 9.53 Å². The number of carbonyl (C=O) groups excluding carboxylic acids is 2. The molecule has 0 saturated carbocycles. The summed E-state index contributed by atoms with van der Waals surface area (Å²) >= 11 is 0. The summed E-state index contributed by atoms with van der Waals surface area (Å²) in [4.78, 5) is 22.9. The molecule has 0 fully saturated rings. The second kappa shape index (κ2) is 6.30. The van der Waals surface area contributed by atoms with Gasteiger partial charge in [0.05, 0.1) is 6.04 Å². The van der Waals surface area contributed by atoms with Crippen LogP contribution in [0.25, 0.3) is 0 Å². The van der Waals surface area contributed by atoms with E-state index in [1.165, 1.54) is 0 Å². The van der Waals surface area contributed by atoms with E-state index < -0.39 is 17.7 Å². The molecule has 92 valence electrons. The molecule has 1 atom stereocenters. The van der Waals surface area contributed by atoms with Crippen LogP contribution in [0.2, 0.25) is 0 Å². The third-order valence-electron chi connectivity index (χ3n) is 1.83. The molecule has 0 bridgehead atoms. The lowest BCUT2D eigenvalue weighted by atomic mass is 10.1. The Morgan fingerprint density at radius 1 is 1.44 bits per heavy atom. The quantitative estimate of drug-likeness (QED) is 0.734. The Bertz CT molecular complexity index is 266. The summed E-state index contributed by atoms with van der Waals surface area (Å²) in [7, 11) is 0. The van der Waals surface area contributed by atoms with Gasteiger partial charge in [-0.15, -0.1) is 6.58 Å². The molecule has 0 aliphatic heterocycles. The average Bonchev–Trinajstić information content (AvgIpc) is 2.13. The predicted molar refractivity (Wildman–Crippen MR) is 63.3 cm³/mol. The van der Waals surface area contributed by atoms with E-state index in [-0.39, 0.29) is 5.78 Å². The minimum Gasteiger partial charge on any atom is -0.444 e.